The fraction of sp³-hybridized carbons (Fsp3) is 1.00. The molecule has 2 fully saturated rings. The van der Waals surface area contributed by atoms with Crippen LogP contribution in [0.1, 0.15) is 65.2 Å². The van der Waals surface area contributed by atoms with Crippen molar-refractivity contribution in [2.75, 3.05) is 6.54 Å². The Hall–Kier alpha value is -0.0400. The van der Waals surface area contributed by atoms with Crippen LogP contribution in [0.25, 0.3) is 0 Å². The summed E-state index contributed by atoms with van der Waals surface area (Å²) in [6, 6.07) is 0.858. The number of unbranched alkanes of at least 4 members (excludes halogenated alkanes) is 3. The molecule has 3 unspecified atom stereocenters. The SMILES string of the molecule is CCCCCCC(NCC)C1C2CCCC21. The zero-order chi connectivity index (χ0) is 11.4. The lowest BCUT2D eigenvalue weighted by Crippen LogP contribution is -2.32. The van der Waals surface area contributed by atoms with Crippen molar-refractivity contribution in [2.45, 2.75) is 71.3 Å². The summed E-state index contributed by atoms with van der Waals surface area (Å²) in [4.78, 5) is 0. The van der Waals surface area contributed by atoms with E-state index in [2.05, 4.69) is 19.2 Å². The van der Waals surface area contributed by atoms with E-state index in [4.69, 9.17) is 0 Å². The predicted molar refractivity (Wildman–Crippen MR) is 70.5 cm³/mol. The minimum atomic E-state index is 0.858. The highest BCUT2D eigenvalue weighted by molar-refractivity contribution is 5.06. The Morgan fingerprint density at radius 2 is 1.81 bits per heavy atom. The Kier molecular flexibility index (Phi) is 4.69. The van der Waals surface area contributed by atoms with E-state index >= 15 is 0 Å². The maximum atomic E-state index is 3.75. The molecule has 2 aliphatic rings. The standard InChI is InChI=1S/C15H29N/c1-3-5-6-7-11-14(16-4-2)15-12-9-8-10-13(12)15/h12-16H,3-11H2,1-2H3. The highest BCUT2D eigenvalue weighted by Crippen LogP contribution is 2.59. The summed E-state index contributed by atoms with van der Waals surface area (Å²) >= 11 is 0. The van der Waals surface area contributed by atoms with Gasteiger partial charge in [0.25, 0.3) is 0 Å². The molecule has 1 nitrogen and oxygen atoms in total. The van der Waals surface area contributed by atoms with E-state index in [9.17, 15) is 0 Å². The maximum absolute atomic E-state index is 3.75. The van der Waals surface area contributed by atoms with Crippen LogP contribution >= 0.6 is 0 Å². The highest BCUT2D eigenvalue weighted by atomic mass is 14.9. The van der Waals surface area contributed by atoms with Crippen LogP contribution in [-0.4, -0.2) is 12.6 Å². The van der Waals surface area contributed by atoms with Crippen LogP contribution in [0.15, 0.2) is 0 Å². The van der Waals surface area contributed by atoms with Crippen molar-refractivity contribution in [3.8, 4) is 0 Å². The second kappa shape index (κ2) is 6.05. The zero-order valence-electron chi connectivity index (χ0n) is 11.2. The molecule has 3 atom stereocenters. The third-order valence-corrected chi connectivity index (χ3v) is 4.77. The molecule has 16 heavy (non-hydrogen) atoms. The van der Waals surface area contributed by atoms with Gasteiger partial charge in [0.15, 0.2) is 0 Å². The van der Waals surface area contributed by atoms with Gasteiger partial charge in [-0.2, -0.15) is 0 Å². The lowest BCUT2D eigenvalue weighted by Gasteiger charge is -2.19. The van der Waals surface area contributed by atoms with Crippen molar-refractivity contribution >= 4 is 0 Å². The Morgan fingerprint density at radius 1 is 1.06 bits per heavy atom. The molecule has 0 amide bonds. The van der Waals surface area contributed by atoms with E-state index in [1.807, 2.05) is 0 Å². The van der Waals surface area contributed by atoms with Gasteiger partial charge >= 0.3 is 0 Å². The van der Waals surface area contributed by atoms with Gasteiger partial charge in [0, 0.05) is 6.04 Å². The van der Waals surface area contributed by atoms with Crippen LogP contribution in [0.2, 0.25) is 0 Å². The van der Waals surface area contributed by atoms with E-state index in [1.54, 1.807) is 0 Å². The molecule has 2 saturated carbocycles. The summed E-state index contributed by atoms with van der Waals surface area (Å²) in [6.45, 7) is 5.72. The van der Waals surface area contributed by atoms with Crippen molar-refractivity contribution in [1.82, 2.24) is 5.32 Å². The Morgan fingerprint density at radius 3 is 2.44 bits per heavy atom. The van der Waals surface area contributed by atoms with Crippen LogP contribution in [0, 0.1) is 17.8 Å². The smallest absolute Gasteiger partial charge is 0.0101 e. The largest absolute Gasteiger partial charge is 0.314 e. The molecule has 0 aromatic carbocycles. The molecule has 1 N–H and O–H groups in total. The molecule has 0 spiro atoms. The van der Waals surface area contributed by atoms with E-state index < -0.39 is 0 Å². The molecule has 2 aliphatic carbocycles. The second-order valence-corrected chi connectivity index (χ2v) is 5.85. The fourth-order valence-electron chi connectivity index (χ4n) is 3.96. The number of fused-ring (bicyclic) bond motifs is 1. The quantitative estimate of drug-likeness (QED) is 0.614. The number of rotatable bonds is 8. The van der Waals surface area contributed by atoms with Gasteiger partial charge in [-0.05, 0) is 43.6 Å². The first-order valence-electron chi connectivity index (χ1n) is 7.61. The summed E-state index contributed by atoms with van der Waals surface area (Å²) in [5.41, 5.74) is 0. The average molecular weight is 223 g/mol. The summed E-state index contributed by atoms with van der Waals surface area (Å²) in [5.74, 6) is 3.31. The summed E-state index contributed by atoms with van der Waals surface area (Å²) in [5, 5.41) is 3.75. The Balaban J connectivity index is 1.69. The molecule has 94 valence electrons. The van der Waals surface area contributed by atoms with E-state index in [-0.39, 0.29) is 0 Å². The van der Waals surface area contributed by atoms with Crippen LogP contribution in [-0.2, 0) is 0 Å². The second-order valence-electron chi connectivity index (χ2n) is 5.85. The first-order valence-corrected chi connectivity index (χ1v) is 7.61. The zero-order valence-corrected chi connectivity index (χ0v) is 11.2. The van der Waals surface area contributed by atoms with Crippen molar-refractivity contribution in [1.29, 1.82) is 0 Å². The van der Waals surface area contributed by atoms with Gasteiger partial charge in [-0.25, -0.2) is 0 Å². The first kappa shape index (κ1) is 12.4. The average Bonchev–Trinajstić information content (AvgIpc) is 2.76. The first-order chi connectivity index (χ1) is 7.88. The van der Waals surface area contributed by atoms with Gasteiger partial charge in [0.1, 0.15) is 0 Å². The molecule has 2 rings (SSSR count). The third-order valence-electron chi connectivity index (χ3n) is 4.77. The van der Waals surface area contributed by atoms with Crippen molar-refractivity contribution < 1.29 is 0 Å². The Bertz CT molecular complexity index is 192. The third kappa shape index (κ3) is 2.80. The van der Waals surface area contributed by atoms with Gasteiger partial charge in [-0.3, -0.25) is 0 Å². The summed E-state index contributed by atoms with van der Waals surface area (Å²) < 4.78 is 0. The molecule has 0 bridgehead atoms. The van der Waals surface area contributed by atoms with Crippen molar-refractivity contribution in [3.05, 3.63) is 0 Å². The predicted octanol–water partition coefficient (Wildman–Crippen LogP) is 3.98. The fourth-order valence-corrected chi connectivity index (χ4v) is 3.96. The lowest BCUT2D eigenvalue weighted by atomic mass is 9.98. The molecule has 0 aliphatic heterocycles. The number of nitrogens with one attached hydrogen (secondary N) is 1. The number of hydrogen-bond donors (Lipinski definition) is 1. The molecule has 0 aromatic heterocycles. The molecule has 0 saturated heterocycles. The molecular weight excluding hydrogens is 194 g/mol. The summed E-state index contributed by atoms with van der Waals surface area (Å²) in [7, 11) is 0. The van der Waals surface area contributed by atoms with Crippen LogP contribution in [0.3, 0.4) is 0 Å². The number of hydrogen-bond acceptors (Lipinski definition) is 1. The van der Waals surface area contributed by atoms with E-state index in [0.29, 0.717) is 0 Å². The van der Waals surface area contributed by atoms with Gasteiger partial charge in [-0.15, -0.1) is 0 Å². The van der Waals surface area contributed by atoms with Crippen molar-refractivity contribution in [2.24, 2.45) is 17.8 Å². The Labute approximate surface area is 101 Å². The molecule has 1 heteroatoms. The van der Waals surface area contributed by atoms with Crippen LogP contribution in [0.5, 0.6) is 0 Å². The van der Waals surface area contributed by atoms with Gasteiger partial charge in [-0.1, -0.05) is 46.0 Å². The van der Waals surface area contributed by atoms with Crippen LogP contribution < -0.4 is 5.32 Å². The molecule has 0 heterocycles. The molecule has 0 aromatic rings. The monoisotopic (exact) mass is 223 g/mol. The van der Waals surface area contributed by atoms with Gasteiger partial charge < -0.3 is 5.32 Å². The molecular formula is C15H29N. The van der Waals surface area contributed by atoms with Gasteiger partial charge in [0.2, 0.25) is 0 Å². The highest BCUT2D eigenvalue weighted by Gasteiger charge is 2.55. The van der Waals surface area contributed by atoms with Gasteiger partial charge in [0.05, 0.1) is 0 Å². The molecule has 0 radical (unpaired) electrons. The maximum Gasteiger partial charge on any atom is 0.0101 e. The van der Waals surface area contributed by atoms with E-state index in [1.165, 1.54) is 51.4 Å². The normalized spacial score (nSPS) is 33.8. The van der Waals surface area contributed by atoms with E-state index in [0.717, 1.165) is 30.3 Å². The topological polar surface area (TPSA) is 12.0 Å². The minimum Gasteiger partial charge on any atom is -0.314 e. The minimum absolute atomic E-state index is 0.858. The van der Waals surface area contributed by atoms with Crippen LogP contribution in [0.4, 0.5) is 0 Å². The lowest BCUT2D eigenvalue weighted by molar-refractivity contribution is 0.379. The summed E-state index contributed by atoms with van der Waals surface area (Å²) in [6.07, 6.45) is 11.7. The van der Waals surface area contributed by atoms with Crippen molar-refractivity contribution in [3.63, 3.8) is 0 Å².